The average molecular weight is 345 g/mol. The highest BCUT2D eigenvalue weighted by Gasteiger charge is 2.28. The van der Waals surface area contributed by atoms with Gasteiger partial charge in [0.05, 0.1) is 12.6 Å². The molecule has 2 amide bonds. The van der Waals surface area contributed by atoms with Crippen molar-refractivity contribution in [1.82, 2.24) is 10.2 Å². The molecule has 138 valence electrons. The van der Waals surface area contributed by atoms with E-state index in [9.17, 15) is 9.59 Å². The van der Waals surface area contributed by atoms with Crippen LogP contribution in [0.15, 0.2) is 18.2 Å². The highest BCUT2D eigenvalue weighted by Crippen LogP contribution is 2.22. The number of rotatable bonds is 5. The molecule has 1 aromatic rings. The van der Waals surface area contributed by atoms with Crippen molar-refractivity contribution in [3.05, 3.63) is 29.3 Å². The van der Waals surface area contributed by atoms with E-state index in [1.54, 1.807) is 0 Å². The zero-order valence-corrected chi connectivity index (χ0v) is 16.1. The van der Waals surface area contributed by atoms with Crippen molar-refractivity contribution in [3.8, 4) is 0 Å². The first kappa shape index (κ1) is 19.4. The van der Waals surface area contributed by atoms with Crippen molar-refractivity contribution < 1.29 is 9.59 Å². The van der Waals surface area contributed by atoms with E-state index in [0.717, 1.165) is 29.9 Å². The van der Waals surface area contributed by atoms with E-state index in [1.165, 1.54) is 6.42 Å². The lowest BCUT2D eigenvalue weighted by atomic mass is 9.91. The summed E-state index contributed by atoms with van der Waals surface area (Å²) >= 11 is 0. The Bertz CT molecular complexity index is 599. The molecule has 5 nitrogen and oxygen atoms in total. The van der Waals surface area contributed by atoms with Crippen LogP contribution in [-0.4, -0.2) is 42.4 Å². The fourth-order valence-electron chi connectivity index (χ4n) is 3.70. The van der Waals surface area contributed by atoms with Gasteiger partial charge in [-0.15, -0.1) is 0 Å². The number of carbonyl (C=O) groups is 2. The van der Waals surface area contributed by atoms with Gasteiger partial charge in [-0.2, -0.15) is 0 Å². The largest absolute Gasteiger partial charge is 0.346 e. The van der Waals surface area contributed by atoms with Crippen LogP contribution in [0.1, 0.15) is 38.3 Å². The first-order valence-corrected chi connectivity index (χ1v) is 9.15. The minimum absolute atomic E-state index is 0.00407. The van der Waals surface area contributed by atoms with Gasteiger partial charge in [0.2, 0.25) is 11.8 Å². The van der Waals surface area contributed by atoms with Gasteiger partial charge in [-0.1, -0.05) is 32.0 Å². The molecule has 0 radical (unpaired) electrons. The van der Waals surface area contributed by atoms with Crippen LogP contribution in [0.2, 0.25) is 0 Å². The Kier molecular flexibility index (Phi) is 6.59. The SMILES string of the molecule is Cc1cccc(C)c1NC(=O)CNC(=O)[C@H](C)N1C[C@@H](C)C[C@H](C)C1. The van der Waals surface area contributed by atoms with Crippen molar-refractivity contribution in [1.29, 1.82) is 0 Å². The molecular weight excluding hydrogens is 314 g/mol. The molecule has 0 aromatic heterocycles. The lowest BCUT2D eigenvalue weighted by molar-refractivity contribution is -0.128. The Morgan fingerprint density at radius 1 is 1.16 bits per heavy atom. The fraction of sp³-hybridized carbons (Fsp3) is 0.600. The van der Waals surface area contributed by atoms with E-state index >= 15 is 0 Å². The first-order chi connectivity index (χ1) is 11.8. The maximum atomic E-state index is 12.4. The van der Waals surface area contributed by atoms with Gasteiger partial charge in [-0.25, -0.2) is 0 Å². The summed E-state index contributed by atoms with van der Waals surface area (Å²) in [6.45, 7) is 12.2. The smallest absolute Gasteiger partial charge is 0.243 e. The Balaban J connectivity index is 1.85. The van der Waals surface area contributed by atoms with Crippen molar-refractivity contribution in [3.63, 3.8) is 0 Å². The van der Waals surface area contributed by atoms with Gasteiger partial charge < -0.3 is 10.6 Å². The highest BCUT2D eigenvalue weighted by molar-refractivity contribution is 5.96. The molecule has 1 fully saturated rings. The lowest BCUT2D eigenvalue weighted by Gasteiger charge is -2.38. The van der Waals surface area contributed by atoms with E-state index in [2.05, 4.69) is 29.4 Å². The number of benzene rings is 1. The van der Waals surface area contributed by atoms with Crippen molar-refractivity contribution in [2.24, 2.45) is 11.8 Å². The standard InChI is InChI=1S/C20H31N3O2/c1-13-9-14(2)12-23(11-13)17(5)20(25)21-10-18(24)22-19-15(3)7-6-8-16(19)4/h6-8,13-14,17H,9-12H2,1-5H3,(H,21,25)(H,22,24)/t13-,14-,17-/m0/s1. The molecule has 0 spiro atoms. The number of amides is 2. The summed E-state index contributed by atoms with van der Waals surface area (Å²) in [7, 11) is 0. The van der Waals surface area contributed by atoms with Crippen LogP contribution in [0.3, 0.4) is 0 Å². The van der Waals surface area contributed by atoms with E-state index in [-0.39, 0.29) is 24.4 Å². The van der Waals surface area contributed by atoms with Crippen molar-refractivity contribution in [2.75, 3.05) is 25.0 Å². The van der Waals surface area contributed by atoms with Crippen LogP contribution in [0, 0.1) is 25.7 Å². The second kappa shape index (κ2) is 8.48. The zero-order chi connectivity index (χ0) is 18.6. The Hall–Kier alpha value is -1.88. The molecule has 1 saturated heterocycles. The molecule has 0 aliphatic carbocycles. The third-order valence-corrected chi connectivity index (χ3v) is 4.99. The number of nitrogens with one attached hydrogen (secondary N) is 2. The predicted octanol–water partition coefficient (Wildman–Crippen LogP) is 2.72. The zero-order valence-electron chi connectivity index (χ0n) is 16.1. The molecule has 2 rings (SSSR count). The number of aryl methyl sites for hydroxylation is 2. The van der Waals surface area contributed by atoms with E-state index < -0.39 is 0 Å². The number of para-hydroxylation sites is 1. The Morgan fingerprint density at radius 2 is 1.72 bits per heavy atom. The quantitative estimate of drug-likeness (QED) is 0.862. The van der Waals surface area contributed by atoms with Crippen molar-refractivity contribution in [2.45, 2.75) is 47.1 Å². The number of hydrogen-bond donors (Lipinski definition) is 2. The number of anilines is 1. The summed E-state index contributed by atoms with van der Waals surface area (Å²) in [5.74, 6) is 0.925. The van der Waals surface area contributed by atoms with E-state index in [4.69, 9.17) is 0 Å². The van der Waals surface area contributed by atoms with Gasteiger partial charge in [0, 0.05) is 18.8 Å². The molecule has 1 aliphatic heterocycles. The highest BCUT2D eigenvalue weighted by atomic mass is 16.2. The Labute approximate surface area is 151 Å². The molecule has 0 bridgehead atoms. The molecule has 1 heterocycles. The second-order valence-corrected chi connectivity index (χ2v) is 7.61. The van der Waals surface area contributed by atoms with Crippen LogP contribution in [0.25, 0.3) is 0 Å². The number of piperidine rings is 1. The molecule has 2 N–H and O–H groups in total. The first-order valence-electron chi connectivity index (χ1n) is 9.15. The minimum Gasteiger partial charge on any atom is -0.346 e. The minimum atomic E-state index is -0.210. The van der Waals surface area contributed by atoms with Crippen LogP contribution in [0.5, 0.6) is 0 Å². The molecule has 0 unspecified atom stereocenters. The number of nitrogens with zero attached hydrogens (tertiary/aromatic N) is 1. The summed E-state index contributed by atoms with van der Waals surface area (Å²) in [6, 6.07) is 5.67. The third-order valence-electron chi connectivity index (χ3n) is 4.99. The molecule has 25 heavy (non-hydrogen) atoms. The molecule has 3 atom stereocenters. The van der Waals surface area contributed by atoms with Gasteiger partial charge in [-0.05, 0) is 50.2 Å². The maximum Gasteiger partial charge on any atom is 0.243 e. The van der Waals surface area contributed by atoms with Gasteiger partial charge >= 0.3 is 0 Å². The number of hydrogen-bond acceptors (Lipinski definition) is 3. The maximum absolute atomic E-state index is 12.4. The summed E-state index contributed by atoms with van der Waals surface area (Å²) in [5, 5.41) is 5.67. The fourth-order valence-corrected chi connectivity index (χ4v) is 3.70. The molecular formula is C20H31N3O2. The number of carbonyl (C=O) groups excluding carboxylic acids is 2. The predicted molar refractivity (Wildman–Crippen MR) is 102 cm³/mol. The van der Waals surface area contributed by atoms with Crippen LogP contribution in [0.4, 0.5) is 5.69 Å². The molecule has 0 saturated carbocycles. The molecule has 1 aliphatic rings. The summed E-state index contributed by atoms with van der Waals surface area (Å²) in [4.78, 5) is 26.8. The van der Waals surface area contributed by atoms with Crippen molar-refractivity contribution >= 4 is 17.5 Å². The summed E-state index contributed by atoms with van der Waals surface area (Å²) in [6.07, 6.45) is 1.21. The summed E-state index contributed by atoms with van der Waals surface area (Å²) < 4.78 is 0. The van der Waals surface area contributed by atoms with E-state index in [1.807, 2.05) is 39.0 Å². The normalized spacial score (nSPS) is 22.3. The van der Waals surface area contributed by atoms with E-state index in [0.29, 0.717) is 11.8 Å². The third kappa shape index (κ3) is 5.30. The number of likely N-dealkylation sites (tertiary alicyclic amines) is 1. The van der Waals surface area contributed by atoms with Crippen LogP contribution in [-0.2, 0) is 9.59 Å². The molecule has 1 aromatic carbocycles. The van der Waals surface area contributed by atoms with Crippen LogP contribution < -0.4 is 10.6 Å². The topological polar surface area (TPSA) is 61.4 Å². The second-order valence-electron chi connectivity index (χ2n) is 7.61. The average Bonchev–Trinajstić information content (AvgIpc) is 2.54. The molecule has 5 heteroatoms. The van der Waals surface area contributed by atoms with Gasteiger partial charge in [0.15, 0.2) is 0 Å². The lowest BCUT2D eigenvalue weighted by Crippen LogP contribution is -2.51. The van der Waals surface area contributed by atoms with Crippen LogP contribution >= 0.6 is 0 Å². The van der Waals surface area contributed by atoms with Gasteiger partial charge in [0.25, 0.3) is 0 Å². The monoisotopic (exact) mass is 345 g/mol. The van der Waals surface area contributed by atoms with Gasteiger partial charge in [0.1, 0.15) is 0 Å². The van der Waals surface area contributed by atoms with Gasteiger partial charge in [-0.3, -0.25) is 14.5 Å². The Morgan fingerprint density at radius 3 is 2.28 bits per heavy atom. The summed E-state index contributed by atoms with van der Waals surface area (Å²) in [5.41, 5.74) is 2.86.